The monoisotopic (exact) mass is 287 g/mol. The Labute approximate surface area is 124 Å². The van der Waals surface area contributed by atoms with Crippen molar-refractivity contribution in [3.8, 4) is 5.75 Å². The lowest BCUT2D eigenvalue weighted by Gasteiger charge is -2.22. The van der Waals surface area contributed by atoms with E-state index in [4.69, 9.17) is 15.0 Å². The maximum absolute atomic E-state index is 6.16. The van der Waals surface area contributed by atoms with Crippen molar-refractivity contribution in [2.45, 2.75) is 51.7 Å². The number of aryl methyl sites for hydroxylation is 2. The zero-order valence-corrected chi connectivity index (χ0v) is 12.3. The maximum atomic E-state index is 6.16. The number of hydrogen-bond donors (Lipinski definition) is 1. The zero-order valence-electron chi connectivity index (χ0n) is 12.3. The summed E-state index contributed by atoms with van der Waals surface area (Å²) in [6, 6.07) is 6.28. The molecule has 1 aliphatic carbocycles. The molecule has 2 aromatic rings. The van der Waals surface area contributed by atoms with Crippen LogP contribution in [-0.4, -0.2) is 10.1 Å². The minimum absolute atomic E-state index is 0.124. The molecule has 0 aliphatic heterocycles. The van der Waals surface area contributed by atoms with Gasteiger partial charge in [-0.1, -0.05) is 18.1 Å². The van der Waals surface area contributed by atoms with Gasteiger partial charge in [0.15, 0.2) is 6.61 Å². The summed E-state index contributed by atoms with van der Waals surface area (Å²) in [6.07, 6.45) is 5.11. The molecule has 0 bridgehead atoms. The second kappa shape index (κ2) is 6.26. The Kier molecular flexibility index (Phi) is 4.20. The highest BCUT2D eigenvalue weighted by Crippen LogP contribution is 2.31. The summed E-state index contributed by atoms with van der Waals surface area (Å²) in [5.41, 5.74) is 8.71. The van der Waals surface area contributed by atoms with E-state index in [2.05, 4.69) is 23.1 Å². The van der Waals surface area contributed by atoms with E-state index in [1.807, 2.05) is 12.1 Å². The topological polar surface area (TPSA) is 74.2 Å². The first-order valence-electron chi connectivity index (χ1n) is 7.59. The van der Waals surface area contributed by atoms with Crippen LogP contribution in [0.5, 0.6) is 5.75 Å². The lowest BCUT2D eigenvalue weighted by Crippen LogP contribution is -2.17. The molecular weight excluding hydrogens is 266 g/mol. The minimum atomic E-state index is 0.124. The fourth-order valence-electron chi connectivity index (χ4n) is 2.72. The highest BCUT2D eigenvalue weighted by molar-refractivity contribution is 5.39. The molecule has 2 N–H and O–H groups in total. The third-order valence-electron chi connectivity index (χ3n) is 3.82. The van der Waals surface area contributed by atoms with E-state index in [-0.39, 0.29) is 6.04 Å². The fourth-order valence-corrected chi connectivity index (χ4v) is 2.72. The molecule has 0 amide bonds. The molecule has 0 spiro atoms. The van der Waals surface area contributed by atoms with Crippen molar-refractivity contribution in [3.63, 3.8) is 0 Å². The summed E-state index contributed by atoms with van der Waals surface area (Å²) in [5, 5.41) is 3.92. The van der Waals surface area contributed by atoms with Crippen molar-refractivity contribution in [1.82, 2.24) is 10.1 Å². The molecule has 1 aliphatic rings. The van der Waals surface area contributed by atoms with Gasteiger partial charge in [-0.3, -0.25) is 0 Å². The van der Waals surface area contributed by atoms with E-state index in [1.54, 1.807) is 0 Å². The van der Waals surface area contributed by atoms with E-state index >= 15 is 0 Å². The van der Waals surface area contributed by atoms with E-state index in [0.717, 1.165) is 37.9 Å². The van der Waals surface area contributed by atoms with Crippen molar-refractivity contribution >= 4 is 0 Å². The molecule has 5 nitrogen and oxygen atoms in total. The number of ether oxygens (including phenoxy) is 1. The average molecular weight is 287 g/mol. The second-order valence-corrected chi connectivity index (χ2v) is 5.50. The highest BCUT2D eigenvalue weighted by atomic mass is 16.5. The molecule has 0 fully saturated rings. The van der Waals surface area contributed by atoms with Crippen LogP contribution >= 0.6 is 0 Å². The summed E-state index contributed by atoms with van der Waals surface area (Å²) >= 11 is 0. The van der Waals surface area contributed by atoms with Crippen LogP contribution in [0.2, 0.25) is 0 Å². The second-order valence-electron chi connectivity index (χ2n) is 5.50. The molecule has 1 heterocycles. The van der Waals surface area contributed by atoms with Crippen LogP contribution in [0.1, 0.15) is 55.1 Å². The fraction of sp³-hybridized carbons (Fsp3) is 0.500. The van der Waals surface area contributed by atoms with Crippen LogP contribution < -0.4 is 10.5 Å². The predicted octanol–water partition coefficient (Wildman–Crippen LogP) is 2.94. The maximum Gasteiger partial charge on any atom is 0.226 e. The number of nitrogens with zero attached hydrogens (tertiary/aromatic N) is 2. The summed E-state index contributed by atoms with van der Waals surface area (Å²) in [6.45, 7) is 2.40. The standard InChI is InChI=1S/C16H21N3O2/c1-2-4-16-18-15(19-21-16)10-20-12-8-7-11-5-3-6-14(17)13(11)9-12/h7-9,14H,2-6,10,17H2,1H3/t14-/m1/s1. The molecule has 0 saturated heterocycles. The van der Waals surface area contributed by atoms with Gasteiger partial charge in [0.2, 0.25) is 11.7 Å². The minimum Gasteiger partial charge on any atom is -0.485 e. The molecule has 1 aromatic carbocycles. The van der Waals surface area contributed by atoms with Gasteiger partial charge in [0, 0.05) is 12.5 Å². The normalized spacial score (nSPS) is 17.5. The van der Waals surface area contributed by atoms with Crippen molar-refractivity contribution in [2.75, 3.05) is 0 Å². The lowest BCUT2D eigenvalue weighted by atomic mass is 9.88. The zero-order chi connectivity index (χ0) is 14.7. The first kappa shape index (κ1) is 14.1. The quantitative estimate of drug-likeness (QED) is 0.915. The Hall–Kier alpha value is -1.88. The number of aromatic nitrogens is 2. The van der Waals surface area contributed by atoms with Gasteiger partial charge in [0.05, 0.1) is 0 Å². The first-order valence-corrected chi connectivity index (χ1v) is 7.59. The van der Waals surface area contributed by atoms with E-state index in [9.17, 15) is 0 Å². The van der Waals surface area contributed by atoms with Gasteiger partial charge in [-0.25, -0.2) is 0 Å². The number of rotatable bonds is 5. The van der Waals surface area contributed by atoms with Gasteiger partial charge in [-0.05, 0) is 48.9 Å². The Morgan fingerprint density at radius 1 is 1.43 bits per heavy atom. The van der Waals surface area contributed by atoms with Crippen LogP contribution in [0.4, 0.5) is 0 Å². The van der Waals surface area contributed by atoms with Crippen molar-refractivity contribution < 1.29 is 9.26 Å². The van der Waals surface area contributed by atoms with Crippen LogP contribution in [0, 0.1) is 0 Å². The van der Waals surface area contributed by atoms with Gasteiger partial charge in [0.25, 0.3) is 0 Å². The number of benzene rings is 1. The molecule has 5 heteroatoms. The van der Waals surface area contributed by atoms with E-state index in [0.29, 0.717) is 18.3 Å². The van der Waals surface area contributed by atoms with Crippen LogP contribution in [0.15, 0.2) is 22.7 Å². The summed E-state index contributed by atoms with van der Waals surface area (Å²) in [5.74, 6) is 2.07. The van der Waals surface area contributed by atoms with E-state index < -0.39 is 0 Å². The predicted molar refractivity (Wildman–Crippen MR) is 78.9 cm³/mol. The number of nitrogens with two attached hydrogens (primary N) is 1. The van der Waals surface area contributed by atoms with Gasteiger partial charge in [0.1, 0.15) is 5.75 Å². The molecule has 112 valence electrons. The molecule has 0 unspecified atom stereocenters. The van der Waals surface area contributed by atoms with Gasteiger partial charge in [-0.15, -0.1) is 0 Å². The molecule has 21 heavy (non-hydrogen) atoms. The molecule has 0 saturated carbocycles. The van der Waals surface area contributed by atoms with Crippen LogP contribution in [-0.2, 0) is 19.4 Å². The first-order chi connectivity index (χ1) is 10.3. The Balaban J connectivity index is 1.66. The molecule has 0 radical (unpaired) electrons. The van der Waals surface area contributed by atoms with Gasteiger partial charge >= 0.3 is 0 Å². The smallest absolute Gasteiger partial charge is 0.226 e. The van der Waals surface area contributed by atoms with Crippen molar-refractivity contribution in [3.05, 3.63) is 41.0 Å². The molecular formula is C16H21N3O2. The van der Waals surface area contributed by atoms with Crippen LogP contribution in [0.3, 0.4) is 0 Å². The van der Waals surface area contributed by atoms with Crippen molar-refractivity contribution in [2.24, 2.45) is 5.73 Å². The van der Waals surface area contributed by atoms with Crippen molar-refractivity contribution in [1.29, 1.82) is 0 Å². The largest absolute Gasteiger partial charge is 0.485 e. The number of hydrogen-bond acceptors (Lipinski definition) is 5. The SMILES string of the molecule is CCCc1nc(COc2ccc3c(c2)[C@H](N)CCC3)no1. The summed E-state index contributed by atoms with van der Waals surface area (Å²) < 4.78 is 10.9. The van der Waals surface area contributed by atoms with Crippen LogP contribution in [0.25, 0.3) is 0 Å². The molecule has 1 atom stereocenters. The lowest BCUT2D eigenvalue weighted by molar-refractivity contribution is 0.284. The third kappa shape index (κ3) is 3.24. The van der Waals surface area contributed by atoms with Gasteiger partial charge in [-0.2, -0.15) is 4.98 Å². The molecule has 3 rings (SSSR count). The Morgan fingerprint density at radius 2 is 2.33 bits per heavy atom. The third-order valence-corrected chi connectivity index (χ3v) is 3.82. The highest BCUT2D eigenvalue weighted by Gasteiger charge is 2.17. The Bertz CT molecular complexity index is 609. The number of fused-ring (bicyclic) bond motifs is 1. The van der Waals surface area contributed by atoms with E-state index in [1.165, 1.54) is 11.1 Å². The average Bonchev–Trinajstić information content (AvgIpc) is 2.94. The summed E-state index contributed by atoms with van der Waals surface area (Å²) in [7, 11) is 0. The Morgan fingerprint density at radius 3 is 3.19 bits per heavy atom. The summed E-state index contributed by atoms with van der Waals surface area (Å²) in [4.78, 5) is 4.29. The van der Waals surface area contributed by atoms with Gasteiger partial charge < -0.3 is 15.0 Å². The molecule has 1 aromatic heterocycles.